The zero-order chi connectivity index (χ0) is 9.14. The van der Waals surface area contributed by atoms with Crippen molar-refractivity contribution in [3.63, 3.8) is 0 Å². The monoisotopic (exact) mass is 171 g/mol. The zero-order valence-electron chi connectivity index (χ0n) is 7.79. The van der Waals surface area contributed by atoms with Gasteiger partial charge in [-0.05, 0) is 19.3 Å². The molecule has 12 heavy (non-hydrogen) atoms. The average molecular weight is 171 g/mol. The van der Waals surface area contributed by atoms with Gasteiger partial charge in [-0.1, -0.05) is 6.92 Å². The molecule has 3 nitrogen and oxygen atoms in total. The van der Waals surface area contributed by atoms with Crippen LogP contribution in [0.3, 0.4) is 0 Å². The Morgan fingerprint density at radius 2 is 2.25 bits per heavy atom. The molecule has 0 saturated carbocycles. The summed E-state index contributed by atoms with van der Waals surface area (Å²) in [7, 11) is 0. The number of nitrogens with zero attached hydrogens (tertiary/aromatic N) is 1. The Balaban J connectivity index is 2.51. The second-order valence-electron chi connectivity index (χ2n) is 3.59. The number of hydrogen-bond donors (Lipinski definition) is 1. The molecular weight excluding hydrogens is 154 g/mol. The molecule has 1 aliphatic heterocycles. The molecule has 0 aromatic rings. The first-order valence-electron chi connectivity index (χ1n) is 4.57. The summed E-state index contributed by atoms with van der Waals surface area (Å²) in [6.07, 6.45) is 1.66. The number of hydrogen-bond acceptors (Lipinski definition) is 2. The lowest BCUT2D eigenvalue weighted by molar-refractivity contribution is -0.130. The highest BCUT2D eigenvalue weighted by atomic mass is 16.3. The molecule has 3 heteroatoms. The van der Waals surface area contributed by atoms with Gasteiger partial charge in [0.1, 0.15) is 0 Å². The number of rotatable bonds is 3. The van der Waals surface area contributed by atoms with Crippen LogP contribution in [0.5, 0.6) is 0 Å². The normalized spacial score (nSPS) is 22.9. The maximum atomic E-state index is 11.3. The number of aliphatic hydroxyl groups is 1. The maximum Gasteiger partial charge on any atom is 0.222 e. The molecule has 1 N–H and O–H groups in total. The third kappa shape index (κ3) is 1.78. The third-order valence-corrected chi connectivity index (χ3v) is 2.71. The van der Waals surface area contributed by atoms with Gasteiger partial charge in [-0.2, -0.15) is 0 Å². The van der Waals surface area contributed by atoms with E-state index in [1.807, 2.05) is 18.7 Å². The number of carbonyl (C=O) groups is 1. The summed E-state index contributed by atoms with van der Waals surface area (Å²) in [5.74, 6) is 0.426. The molecule has 0 aromatic heterocycles. The Bertz CT molecular complexity index is 170. The van der Waals surface area contributed by atoms with Crippen molar-refractivity contribution >= 4 is 5.91 Å². The Morgan fingerprint density at radius 1 is 1.58 bits per heavy atom. The molecule has 1 heterocycles. The second-order valence-corrected chi connectivity index (χ2v) is 3.59. The van der Waals surface area contributed by atoms with Crippen LogP contribution in [0.4, 0.5) is 0 Å². The summed E-state index contributed by atoms with van der Waals surface area (Å²) in [4.78, 5) is 13.2. The maximum absolute atomic E-state index is 11.3. The SMILES string of the molecule is CC(CO)C(C)N1CCCC1=O. The summed E-state index contributed by atoms with van der Waals surface area (Å²) in [5.41, 5.74) is 0. The zero-order valence-corrected chi connectivity index (χ0v) is 7.79. The van der Waals surface area contributed by atoms with Gasteiger partial charge in [0.05, 0.1) is 0 Å². The summed E-state index contributed by atoms with van der Waals surface area (Å²) >= 11 is 0. The van der Waals surface area contributed by atoms with Crippen LogP contribution in [0.15, 0.2) is 0 Å². The predicted octanol–water partition coefficient (Wildman–Crippen LogP) is 0.626. The smallest absolute Gasteiger partial charge is 0.222 e. The van der Waals surface area contributed by atoms with Crippen LogP contribution in [0.2, 0.25) is 0 Å². The van der Waals surface area contributed by atoms with E-state index in [1.165, 1.54) is 0 Å². The first kappa shape index (κ1) is 9.52. The molecule has 0 aliphatic carbocycles. The number of carbonyl (C=O) groups excluding carboxylic acids is 1. The van der Waals surface area contributed by atoms with Crippen LogP contribution in [0, 0.1) is 5.92 Å². The second kappa shape index (κ2) is 3.90. The first-order valence-corrected chi connectivity index (χ1v) is 4.57. The Labute approximate surface area is 73.4 Å². The standard InChI is InChI=1S/C9H17NO2/c1-7(6-11)8(2)10-5-3-4-9(10)12/h7-8,11H,3-6H2,1-2H3. The Kier molecular flexibility index (Phi) is 3.09. The van der Waals surface area contributed by atoms with E-state index in [9.17, 15) is 4.79 Å². The van der Waals surface area contributed by atoms with Gasteiger partial charge < -0.3 is 10.0 Å². The summed E-state index contributed by atoms with van der Waals surface area (Å²) < 4.78 is 0. The minimum absolute atomic E-state index is 0.158. The summed E-state index contributed by atoms with van der Waals surface area (Å²) in [6.45, 7) is 5.00. The fourth-order valence-corrected chi connectivity index (χ4v) is 1.56. The first-order chi connectivity index (χ1) is 5.66. The van der Waals surface area contributed by atoms with Gasteiger partial charge >= 0.3 is 0 Å². The number of aliphatic hydroxyl groups excluding tert-OH is 1. The van der Waals surface area contributed by atoms with E-state index in [4.69, 9.17) is 5.11 Å². The van der Waals surface area contributed by atoms with Crippen molar-refractivity contribution in [2.24, 2.45) is 5.92 Å². The molecule has 0 spiro atoms. The van der Waals surface area contributed by atoms with Gasteiger partial charge in [-0.3, -0.25) is 4.79 Å². The predicted molar refractivity (Wildman–Crippen MR) is 46.7 cm³/mol. The van der Waals surface area contributed by atoms with Gasteiger partial charge in [0, 0.05) is 25.6 Å². The summed E-state index contributed by atoms with van der Waals surface area (Å²) in [5, 5.41) is 8.91. The van der Waals surface area contributed by atoms with Crippen LogP contribution >= 0.6 is 0 Å². The highest BCUT2D eigenvalue weighted by molar-refractivity contribution is 5.78. The van der Waals surface area contributed by atoms with E-state index in [-0.39, 0.29) is 24.5 Å². The molecule has 1 amide bonds. The molecule has 0 radical (unpaired) electrons. The lowest BCUT2D eigenvalue weighted by Crippen LogP contribution is -2.39. The van der Waals surface area contributed by atoms with Crippen molar-refractivity contribution in [1.29, 1.82) is 0 Å². The molecule has 0 aromatic carbocycles. The molecule has 70 valence electrons. The van der Waals surface area contributed by atoms with Crippen molar-refractivity contribution in [3.05, 3.63) is 0 Å². The molecule has 1 fully saturated rings. The highest BCUT2D eigenvalue weighted by Gasteiger charge is 2.27. The average Bonchev–Trinajstić information content (AvgIpc) is 2.48. The molecule has 2 unspecified atom stereocenters. The van der Waals surface area contributed by atoms with E-state index in [0.717, 1.165) is 13.0 Å². The van der Waals surface area contributed by atoms with Crippen LogP contribution in [0.1, 0.15) is 26.7 Å². The largest absolute Gasteiger partial charge is 0.396 e. The lowest BCUT2D eigenvalue weighted by Gasteiger charge is -2.28. The topological polar surface area (TPSA) is 40.5 Å². The van der Waals surface area contributed by atoms with Crippen LogP contribution in [0.25, 0.3) is 0 Å². The van der Waals surface area contributed by atoms with Crippen molar-refractivity contribution in [2.75, 3.05) is 13.2 Å². The molecule has 2 atom stereocenters. The fraction of sp³-hybridized carbons (Fsp3) is 0.889. The summed E-state index contributed by atoms with van der Waals surface area (Å²) in [6, 6.07) is 0.185. The van der Waals surface area contributed by atoms with Gasteiger partial charge in [-0.15, -0.1) is 0 Å². The van der Waals surface area contributed by atoms with E-state index in [2.05, 4.69) is 0 Å². The third-order valence-electron chi connectivity index (χ3n) is 2.71. The van der Waals surface area contributed by atoms with Gasteiger partial charge in [0.2, 0.25) is 5.91 Å². The van der Waals surface area contributed by atoms with Crippen LogP contribution < -0.4 is 0 Å². The minimum atomic E-state index is 0.158. The molecule has 1 saturated heterocycles. The van der Waals surface area contributed by atoms with E-state index in [1.54, 1.807) is 0 Å². The van der Waals surface area contributed by atoms with E-state index < -0.39 is 0 Å². The number of amides is 1. The van der Waals surface area contributed by atoms with E-state index >= 15 is 0 Å². The molecule has 1 rings (SSSR count). The van der Waals surface area contributed by atoms with Crippen molar-refractivity contribution in [3.8, 4) is 0 Å². The molecular formula is C9H17NO2. The quantitative estimate of drug-likeness (QED) is 0.676. The van der Waals surface area contributed by atoms with Gasteiger partial charge in [0.25, 0.3) is 0 Å². The number of likely N-dealkylation sites (tertiary alicyclic amines) is 1. The lowest BCUT2D eigenvalue weighted by atomic mass is 10.0. The van der Waals surface area contributed by atoms with Crippen LogP contribution in [-0.2, 0) is 4.79 Å². The fourth-order valence-electron chi connectivity index (χ4n) is 1.56. The van der Waals surface area contributed by atoms with Gasteiger partial charge in [0.15, 0.2) is 0 Å². The Hall–Kier alpha value is -0.570. The van der Waals surface area contributed by atoms with Crippen molar-refractivity contribution < 1.29 is 9.90 Å². The van der Waals surface area contributed by atoms with Gasteiger partial charge in [-0.25, -0.2) is 0 Å². The van der Waals surface area contributed by atoms with E-state index in [0.29, 0.717) is 6.42 Å². The Morgan fingerprint density at radius 3 is 2.67 bits per heavy atom. The highest BCUT2D eigenvalue weighted by Crippen LogP contribution is 2.18. The minimum Gasteiger partial charge on any atom is -0.396 e. The molecule has 1 aliphatic rings. The van der Waals surface area contributed by atoms with Crippen LogP contribution in [-0.4, -0.2) is 35.1 Å². The van der Waals surface area contributed by atoms with Crippen molar-refractivity contribution in [2.45, 2.75) is 32.7 Å². The molecule has 0 bridgehead atoms. The van der Waals surface area contributed by atoms with Crippen molar-refractivity contribution in [1.82, 2.24) is 4.90 Å².